The average molecular weight is 855 g/mol. The first kappa shape index (κ1) is 58.4. The Labute approximate surface area is 378 Å². The molecule has 0 aliphatic heterocycles. The first-order valence-corrected chi connectivity index (χ1v) is 26.1. The standard InChI is InChI=1S/C55H98O6/c1-4-7-10-13-16-19-22-25-27-30-32-35-38-41-44-47-53(56)59-50-52(61-55(58)49-46-43-40-37-34-29-24-21-18-15-12-9-6-3)51-60-54(57)48-45-42-39-36-33-31-28-26-23-20-17-14-11-8-5-2/h7,10,16,19,21,24-25,27,52H,4-6,8-9,11-15,17-18,20,22-23,26,28-51H2,1-3H3/b10-7-,19-16-,24-21-,27-25-/t52-/m1/s1. The molecule has 6 heteroatoms. The van der Waals surface area contributed by atoms with E-state index in [-0.39, 0.29) is 31.1 Å². The van der Waals surface area contributed by atoms with Crippen molar-refractivity contribution < 1.29 is 28.6 Å². The number of rotatable bonds is 47. The number of unbranched alkanes of at least 4 members (excludes halogenated alkanes) is 28. The predicted molar refractivity (Wildman–Crippen MR) is 261 cm³/mol. The van der Waals surface area contributed by atoms with Gasteiger partial charge in [-0.2, -0.15) is 0 Å². The Hall–Kier alpha value is -2.63. The molecule has 0 aromatic carbocycles. The average Bonchev–Trinajstić information content (AvgIpc) is 3.26. The molecule has 0 aromatic heterocycles. The number of ether oxygens (including phenoxy) is 3. The third-order valence-corrected chi connectivity index (χ3v) is 11.3. The van der Waals surface area contributed by atoms with Gasteiger partial charge in [0.05, 0.1) is 0 Å². The van der Waals surface area contributed by atoms with E-state index in [0.29, 0.717) is 19.3 Å². The van der Waals surface area contributed by atoms with E-state index >= 15 is 0 Å². The third kappa shape index (κ3) is 48.3. The van der Waals surface area contributed by atoms with Gasteiger partial charge in [0.15, 0.2) is 6.10 Å². The summed E-state index contributed by atoms with van der Waals surface area (Å²) in [6.45, 7) is 6.51. The highest BCUT2D eigenvalue weighted by atomic mass is 16.6. The Bertz CT molecular complexity index is 1070. The van der Waals surface area contributed by atoms with Crippen molar-refractivity contribution in [3.63, 3.8) is 0 Å². The zero-order valence-electron chi connectivity index (χ0n) is 40.4. The van der Waals surface area contributed by atoms with E-state index in [1.165, 1.54) is 116 Å². The van der Waals surface area contributed by atoms with Crippen molar-refractivity contribution in [2.45, 2.75) is 271 Å². The van der Waals surface area contributed by atoms with Crippen LogP contribution in [0.5, 0.6) is 0 Å². The van der Waals surface area contributed by atoms with Crippen LogP contribution < -0.4 is 0 Å². The van der Waals surface area contributed by atoms with Crippen molar-refractivity contribution in [1.82, 2.24) is 0 Å². The Kier molecular flexibility index (Phi) is 47.9. The van der Waals surface area contributed by atoms with E-state index < -0.39 is 6.10 Å². The van der Waals surface area contributed by atoms with Gasteiger partial charge in [0.25, 0.3) is 0 Å². The highest BCUT2D eigenvalue weighted by molar-refractivity contribution is 5.71. The van der Waals surface area contributed by atoms with E-state index in [0.717, 1.165) is 109 Å². The largest absolute Gasteiger partial charge is 0.462 e. The first-order chi connectivity index (χ1) is 30.0. The van der Waals surface area contributed by atoms with Crippen LogP contribution >= 0.6 is 0 Å². The fraction of sp³-hybridized carbons (Fsp3) is 0.800. The van der Waals surface area contributed by atoms with E-state index in [9.17, 15) is 14.4 Å². The van der Waals surface area contributed by atoms with Gasteiger partial charge in [0.2, 0.25) is 0 Å². The van der Waals surface area contributed by atoms with E-state index in [1.54, 1.807) is 0 Å². The summed E-state index contributed by atoms with van der Waals surface area (Å²) in [5, 5.41) is 0. The van der Waals surface area contributed by atoms with Gasteiger partial charge in [-0.1, -0.05) is 217 Å². The molecule has 0 aliphatic carbocycles. The number of hydrogen-bond acceptors (Lipinski definition) is 6. The topological polar surface area (TPSA) is 78.9 Å². The van der Waals surface area contributed by atoms with E-state index in [1.807, 2.05) is 0 Å². The maximum Gasteiger partial charge on any atom is 0.306 e. The number of hydrogen-bond donors (Lipinski definition) is 0. The summed E-state index contributed by atoms with van der Waals surface area (Å²) in [6.07, 6.45) is 59.5. The van der Waals surface area contributed by atoms with Crippen molar-refractivity contribution in [2.24, 2.45) is 0 Å². The first-order valence-electron chi connectivity index (χ1n) is 26.1. The summed E-state index contributed by atoms with van der Waals surface area (Å²) in [4.78, 5) is 38.0. The van der Waals surface area contributed by atoms with Crippen LogP contribution in [0.15, 0.2) is 48.6 Å². The zero-order valence-corrected chi connectivity index (χ0v) is 40.4. The van der Waals surface area contributed by atoms with Gasteiger partial charge in [-0.15, -0.1) is 0 Å². The molecule has 0 saturated carbocycles. The van der Waals surface area contributed by atoms with E-state index in [4.69, 9.17) is 14.2 Å². The molecule has 0 radical (unpaired) electrons. The fourth-order valence-corrected chi connectivity index (χ4v) is 7.39. The van der Waals surface area contributed by atoms with Crippen LogP contribution in [0.2, 0.25) is 0 Å². The van der Waals surface area contributed by atoms with Crippen molar-refractivity contribution in [3.05, 3.63) is 48.6 Å². The second-order valence-electron chi connectivity index (χ2n) is 17.4. The Balaban J connectivity index is 4.38. The smallest absolute Gasteiger partial charge is 0.306 e. The van der Waals surface area contributed by atoms with Gasteiger partial charge >= 0.3 is 17.9 Å². The minimum Gasteiger partial charge on any atom is -0.462 e. The lowest BCUT2D eigenvalue weighted by Gasteiger charge is -2.18. The summed E-state index contributed by atoms with van der Waals surface area (Å²) in [7, 11) is 0. The van der Waals surface area contributed by atoms with Crippen molar-refractivity contribution in [1.29, 1.82) is 0 Å². The predicted octanol–water partition coefficient (Wildman–Crippen LogP) is 17.1. The lowest BCUT2D eigenvalue weighted by Crippen LogP contribution is -2.30. The highest BCUT2D eigenvalue weighted by Crippen LogP contribution is 2.15. The second-order valence-corrected chi connectivity index (χ2v) is 17.4. The molecule has 0 aliphatic rings. The third-order valence-electron chi connectivity index (χ3n) is 11.3. The van der Waals surface area contributed by atoms with Crippen molar-refractivity contribution in [3.8, 4) is 0 Å². The summed E-state index contributed by atoms with van der Waals surface area (Å²) in [5.74, 6) is -0.898. The molecular weight excluding hydrogens is 757 g/mol. The van der Waals surface area contributed by atoms with Gasteiger partial charge in [-0.05, 0) is 77.0 Å². The maximum atomic E-state index is 12.8. The summed E-state index contributed by atoms with van der Waals surface area (Å²) in [6, 6.07) is 0. The van der Waals surface area contributed by atoms with Gasteiger partial charge in [0, 0.05) is 19.3 Å². The molecule has 0 amide bonds. The molecule has 0 N–H and O–H groups in total. The molecule has 6 nitrogen and oxygen atoms in total. The molecule has 1 atom stereocenters. The lowest BCUT2D eigenvalue weighted by molar-refractivity contribution is -0.167. The molecule has 0 rings (SSSR count). The molecule has 61 heavy (non-hydrogen) atoms. The maximum absolute atomic E-state index is 12.8. The molecule has 0 unspecified atom stereocenters. The molecule has 0 bridgehead atoms. The van der Waals surface area contributed by atoms with Crippen LogP contribution in [-0.4, -0.2) is 37.2 Å². The SMILES string of the molecule is CC/C=C\C/C=C\C/C=C\CCCCCCCC(=O)OC[C@H](COC(=O)CCCCCCCCCCCCCCCCC)OC(=O)CCCCCCC/C=C\CCCCCC. The van der Waals surface area contributed by atoms with Crippen LogP contribution in [0.4, 0.5) is 0 Å². The van der Waals surface area contributed by atoms with Crippen LogP contribution in [0.1, 0.15) is 265 Å². The molecule has 0 saturated heterocycles. The molecule has 0 spiro atoms. The molecule has 0 aromatic rings. The van der Waals surface area contributed by atoms with Crippen LogP contribution in [0.3, 0.4) is 0 Å². The Morgan fingerprint density at radius 2 is 0.639 bits per heavy atom. The number of carbonyl (C=O) groups excluding carboxylic acids is 3. The van der Waals surface area contributed by atoms with Crippen LogP contribution in [0, 0.1) is 0 Å². The van der Waals surface area contributed by atoms with Gasteiger partial charge < -0.3 is 14.2 Å². The molecule has 0 heterocycles. The van der Waals surface area contributed by atoms with Crippen molar-refractivity contribution in [2.75, 3.05) is 13.2 Å². The van der Waals surface area contributed by atoms with Crippen LogP contribution in [0.25, 0.3) is 0 Å². The minimum absolute atomic E-state index is 0.0796. The van der Waals surface area contributed by atoms with Gasteiger partial charge in [0.1, 0.15) is 13.2 Å². The summed E-state index contributed by atoms with van der Waals surface area (Å²) >= 11 is 0. The number of allylic oxidation sites excluding steroid dienone is 8. The number of esters is 3. The second kappa shape index (κ2) is 50.0. The summed E-state index contributed by atoms with van der Waals surface area (Å²) < 4.78 is 16.8. The minimum atomic E-state index is -0.781. The fourth-order valence-electron chi connectivity index (χ4n) is 7.39. The highest BCUT2D eigenvalue weighted by Gasteiger charge is 2.19. The molecular formula is C55H98O6. The van der Waals surface area contributed by atoms with E-state index in [2.05, 4.69) is 69.4 Å². The van der Waals surface area contributed by atoms with Crippen molar-refractivity contribution >= 4 is 17.9 Å². The monoisotopic (exact) mass is 855 g/mol. The normalized spacial score (nSPS) is 12.4. The lowest BCUT2D eigenvalue weighted by atomic mass is 10.0. The Morgan fingerprint density at radius 1 is 0.344 bits per heavy atom. The Morgan fingerprint density at radius 3 is 1.03 bits per heavy atom. The molecule has 354 valence electrons. The number of carbonyl (C=O) groups is 3. The van der Waals surface area contributed by atoms with Gasteiger partial charge in [-0.3, -0.25) is 14.4 Å². The van der Waals surface area contributed by atoms with Crippen LogP contribution in [-0.2, 0) is 28.6 Å². The molecule has 0 fully saturated rings. The van der Waals surface area contributed by atoms with Gasteiger partial charge in [-0.25, -0.2) is 0 Å². The zero-order chi connectivity index (χ0) is 44.4. The quantitative estimate of drug-likeness (QED) is 0.0263. The summed E-state index contributed by atoms with van der Waals surface area (Å²) in [5.41, 5.74) is 0.